The van der Waals surface area contributed by atoms with Crippen LogP contribution in [-0.2, 0) is 10.8 Å². The molecule has 0 spiro atoms. The molecule has 0 bridgehead atoms. The molecule has 2 N–H and O–H groups in total. The summed E-state index contributed by atoms with van der Waals surface area (Å²) in [5.74, 6) is 1.43. The Hall–Kier alpha value is -0.350. The first-order chi connectivity index (χ1) is 6.66. The fourth-order valence-electron chi connectivity index (χ4n) is 1.29. The number of hydrogen-bond donors (Lipinski definition) is 1. The van der Waals surface area contributed by atoms with Gasteiger partial charge in [-0.05, 0) is 37.0 Å². The van der Waals surface area contributed by atoms with Crippen LogP contribution in [0.15, 0.2) is 27.6 Å². The Morgan fingerprint density at radius 1 is 1.50 bits per heavy atom. The lowest BCUT2D eigenvalue weighted by Crippen LogP contribution is -2.03. The van der Waals surface area contributed by atoms with Crippen molar-refractivity contribution in [3.8, 4) is 0 Å². The van der Waals surface area contributed by atoms with Crippen LogP contribution < -0.4 is 5.73 Å². The van der Waals surface area contributed by atoms with Crippen molar-refractivity contribution < 1.29 is 4.21 Å². The molecule has 4 heteroatoms. The van der Waals surface area contributed by atoms with Crippen molar-refractivity contribution in [3.05, 3.63) is 22.7 Å². The first kappa shape index (κ1) is 10.2. The van der Waals surface area contributed by atoms with E-state index in [-0.39, 0.29) is 0 Å². The average molecular weight is 274 g/mol. The Kier molecular flexibility index (Phi) is 2.93. The summed E-state index contributed by atoms with van der Waals surface area (Å²) >= 11 is 3.36. The van der Waals surface area contributed by atoms with Crippen LogP contribution in [0.1, 0.15) is 12.8 Å². The van der Waals surface area contributed by atoms with Crippen LogP contribution in [0.2, 0.25) is 0 Å². The van der Waals surface area contributed by atoms with Gasteiger partial charge in [-0.2, -0.15) is 0 Å². The third-order valence-electron chi connectivity index (χ3n) is 2.30. The maximum atomic E-state index is 11.9. The van der Waals surface area contributed by atoms with Crippen LogP contribution in [-0.4, -0.2) is 9.96 Å². The molecule has 1 fully saturated rings. The van der Waals surface area contributed by atoms with Crippen molar-refractivity contribution in [1.82, 2.24) is 0 Å². The molecule has 2 nitrogen and oxygen atoms in total. The molecule has 0 heterocycles. The van der Waals surface area contributed by atoms with E-state index in [1.807, 2.05) is 12.1 Å². The molecule has 0 aliphatic heterocycles. The number of rotatable bonds is 3. The molecule has 14 heavy (non-hydrogen) atoms. The third kappa shape index (κ3) is 2.36. The zero-order valence-corrected chi connectivity index (χ0v) is 10.1. The zero-order valence-electron chi connectivity index (χ0n) is 7.70. The summed E-state index contributed by atoms with van der Waals surface area (Å²) in [6.45, 7) is 0. The Balaban J connectivity index is 2.20. The smallest absolute Gasteiger partial charge is 0.0628 e. The number of hydrogen-bond acceptors (Lipinski definition) is 2. The van der Waals surface area contributed by atoms with E-state index in [0.717, 1.165) is 15.1 Å². The summed E-state index contributed by atoms with van der Waals surface area (Å²) in [5.41, 5.74) is 6.40. The number of anilines is 1. The van der Waals surface area contributed by atoms with Gasteiger partial charge < -0.3 is 5.73 Å². The lowest BCUT2D eigenvalue weighted by atomic mass is 10.3. The van der Waals surface area contributed by atoms with E-state index in [1.54, 1.807) is 6.07 Å². The van der Waals surface area contributed by atoms with Gasteiger partial charge in [0.15, 0.2) is 0 Å². The van der Waals surface area contributed by atoms with E-state index >= 15 is 0 Å². The highest BCUT2D eigenvalue weighted by atomic mass is 79.9. The lowest BCUT2D eigenvalue weighted by Gasteiger charge is -2.05. The minimum absolute atomic E-state index is 0.632. The summed E-state index contributed by atoms with van der Waals surface area (Å²) in [5, 5.41) is 0. The van der Waals surface area contributed by atoms with E-state index in [2.05, 4.69) is 15.9 Å². The molecule has 1 saturated carbocycles. The van der Waals surface area contributed by atoms with Crippen LogP contribution in [0.5, 0.6) is 0 Å². The van der Waals surface area contributed by atoms with Gasteiger partial charge in [0.1, 0.15) is 0 Å². The van der Waals surface area contributed by atoms with Crippen molar-refractivity contribution in [3.63, 3.8) is 0 Å². The number of nitrogen functional groups attached to an aromatic ring is 1. The van der Waals surface area contributed by atoms with Crippen molar-refractivity contribution >= 4 is 32.4 Å². The monoisotopic (exact) mass is 273 g/mol. The van der Waals surface area contributed by atoms with E-state index in [0.29, 0.717) is 11.6 Å². The highest BCUT2D eigenvalue weighted by Gasteiger charge is 2.25. The van der Waals surface area contributed by atoms with E-state index in [4.69, 9.17) is 5.73 Å². The molecular formula is C10H12BrNOS. The van der Waals surface area contributed by atoms with Crippen LogP contribution in [0.3, 0.4) is 0 Å². The van der Waals surface area contributed by atoms with Gasteiger partial charge >= 0.3 is 0 Å². The number of nitrogens with two attached hydrogens (primary N) is 1. The van der Waals surface area contributed by atoms with Gasteiger partial charge in [-0.25, -0.2) is 0 Å². The maximum absolute atomic E-state index is 11.9. The standard InChI is InChI=1S/C10H12BrNOS/c11-8-3-4-9(12)10(5-8)14(13)6-7-1-2-7/h3-5,7H,1-2,6,12H2. The van der Waals surface area contributed by atoms with Gasteiger partial charge in [0.25, 0.3) is 0 Å². The molecule has 1 aliphatic carbocycles. The van der Waals surface area contributed by atoms with Crippen molar-refractivity contribution in [2.75, 3.05) is 11.5 Å². The van der Waals surface area contributed by atoms with Crippen molar-refractivity contribution in [2.24, 2.45) is 5.92 Å². The summed E-state index contributed by atoms with van der Waals surface area (Å²) in [6.07, 6.45) is 2.44. The highest BCUT2D eigenvalue weighted by Crippen LogP contribution is 2.32. The molecule has 76 valence electrons. The van der Waals surface area contributed by atoms with Gasteiger partial charge in [-0.15, -0.1) is 0 Å². The van der Waals surface area contributed by atoms with E-state index in [9.17, 15) is 4.21 Å². The largest absolute Gasteiger partial charge is 0.398 e. The Labute approximate surface area is 94.5 Å². The molecule has 2 rings (SSSR count). The minimum atomic E-state index is -0.928. The molecule has 1 aromatic carbocycles. The van der Waals surface area contributed by atoms with E-state index < -0.39 is 10.8 Å². The fourth-order valence-corrected chi connectivity index (χ4v) is 3.34. The van der Waals surface area contributed by atoms with Gasteiger partial charge in [-0.1, -0.05) is 15.9 Å². The molecule has 1 unspecified atom stereocenters. The Morgan fingerprint density at radius 3 is 2.86 bits per heavy atom. The summed E-state index contributed by atoms with van der Waals surface area (Å²) in [6, 6.07) is 5.52. The minimum Gasteiger partial charge on any atom is -0.398 e. The topological polar surface area (TPSA) is 43.1 Å². The van der Waals surface area contributed by atoms with Crippen molar-refractivity contribution in [1.29, 1.82) is 0 Å². The zero-order chi connectivity index (χ0) is 10.1. The molecule has 0 saturated heterocycles. The van der Waals surface area contributed by atoms with Crippen LogP contribution in [0.4, 0.5) is 5.69 Å². The normalized spacial score (nSPS) is 18.1. The Morgan fingerprint density at radius 2 is 2.21 bits per heavy atom. The summed E-state index contributed by atoms with van der Waals surface area (Å²) in [7, 11) is -0.928. The first-order valence-electron chi connectivity index (χ1n) is 4.60. The second kappa shape index (κ2) is 4.03. The van der Waals surface area contributed by atoms with Gasteiger partial charge in [0, 0.05) is 15.9 Å². The molecular weight excluding hydrogens is 262 g/mol. The second-order valence-corrected chi connectivity index (χ2v) is 6.02. The molecule has 1 atom stereocenters. The predicted molar refractivity (Wildman–Crippen MR) is 62.6 cm³/mol. The SMILES string of the molecule is Nc1ccc(Br)cc1S(=O)CC1CC1. The molecule has 1 aromatic rings. The van der Waals surface area contributed by atoms with Gasteiger partial charge in [0.05, 0.1) is 15.7 Å². The van der Waals surface area contributed by atoms with Gasteiger partial charge in [-0.3, -0.25) is 4.21 Å². The molecule has 1 aliphatic rings. The molecule has 0 radical (unpaired) electrons. The molecule has 0 aromatic heterocycles. The quantitative estimate of drug-likeness (QED) is 0.861. The summed E-state index contributed by atoms with van der Waals surface area (Å²) < 4.78 is 12.8. The van der Waals surface area contributed by atoms with Crippen molar-refractivity contribution in [2.45, 2.75) is 17.7 Å². The summed E-state index contributed by atoms with van der Waals surface area (Å²) in [4.78, 5) is 0.770. The second-order valence-electron chi connectivity index (χ2n) is 3.64. The average Bonchev–Trinajstić information content (AvgIpc) is 2.93. The lowest BCUT2D eigenvalue weighted by molar-refractivity contribution is 0.680. The van der Waals surface area contributed by atoms with Gasteiger partial charge in [0.2, 0.25) is 0 Å². The number of benzene rings is 1. The first-order valence-corrected chi connectivity index (χ1v) is 6.71. The highest BCUT2D eigenvalue weighted by molar-refractivity contribution is 9.10. The van der Waals surface area contributed by atoms with Crippen LogP contribution >= 0.6 is 15.9 Å². The maximum Gasteiger partial charge on any atom is 0.0628 e. The molecule has 0 amide bonds. The van der Waals surface area contributed by atoms with Crippen LogP contribution in [0, 0.1) is 5.92 Å². The Bertz CT molecular complexity index is 376. The van der Waals surface area contributed by atoms with E-state index in [1.165, 1.54) is 12.8 Å². The fraction of sp³-hybridized carbons (Fsp3) is 0.400. The predicted octanol–water partition coefficient (Wildman–Crippen LogP) is 2.55. The third-order valence-corrected chi connectivity index (χ3v) is 4.42. The number of halogens is 1. The van der Waals surface area contributed by atoms with Crippen LogP contribution in [0.25, 0.3) is 0 Å².